The highest BCUT2D eigenvalue weighted by molar-refractivity contribution is 4.85. The van der Waals surface area contributed by atoms with Crippen LogP contribution in [0, 0.1) is 10.8 Å². The Morgan fingerprint density at radius 1 is 1.15 bits per heavy atom. The summed E-state index contributed by atoms with van der Waals surface area (Å²) in [5.74, 6) is 0. The Balaban J connectivity index is 2.49. The summed E-state index contributed by atoms with van der Waals surface area (Å²) in [6.07, 6.45) is 8.43. The van der Waals surface area contributed by atoms with Gasteiger partial charge in [0, 0.05) is 0 Å². The van der Waals surface area contributed by atoms with Crippen molar-refractivity contribution < 1.29 is 0 Å². The highest BCUT2D eigenvalue weighted by Gasteiger charge is 2.32. The number of hydrogen-bond acceptors (Lipinski definition) is 1. The smallest absolute Gasteiger partial charge is 0.00256 e. The molecule has 0 unspecified atom stereocenters. The Labute approximate surface area is 83.1 Å². The molecule has 0 amide bonds. The summed E-state index contributed by atoms with van der Waals surface area (Å²) in [5.41, 5.74) is 6.71. The van der Waals surface area contributed by atoms with Crippen LogP contribution in [-0.4, -0.2) is 6.54 Å². The molecule has 0 atom stereocenters. The van der Waals surface area contributed by atoms with Crippen LogP contribution in [0.2, 0.25) is 0 Å². The van der Waals surface area contributed by atoms with Crippen molar-refractivity contribution in [3.8, 4) is 0 Å². The summed E-state index contributed by atoms with van der Waals surface area (Å²) >= 11 is 0. The van der Waals surface area contributed by atoms with Gasteiger partial charge < -0.3 is 5.73 Å². The molecule has 0 aromatic heterocycles. The molecular formula is C12H25N. The molecule has 0 heterocycles. The first kappa shape index (κ1) is 11.0. The Bertz CT molecular complexity index is 155. The molecule has 0 aromatic carbocycles. The van der Waals surface area contributed by atoms with Gasteiger partial charge in [-0.3, -0.25) is 0 Å². The predicted molar refractivity (Wildman–Crippen MR) is 58.6 cm³/mol. The number of hydrogen-bond donors (Lipinski definition) is 1. The van der Waals surface area contributed by atoms with E-state index in [0.717, 1.165) is 6.54 Å². The Kier molecular flexibility index (Phi) is 3.39. The Hall–Kier alpha value is -0.0400. The van der Waals surface area contributed by atoms with E-state index in [1.807, 2.05) is 0 Å². The van der Waals surface area contributed by atoms with E-state index in [9.17, 15) is 0 Å². The van der Waals surface area contributed by atoms with Crippen molar-refractivity contribution in [3.05, 3.63) is 0 Å². The van der Waals surface area contributed by atoms with Crippen LogP contribution in [0.1, 0.15) is 59.3 Å². The molecule has 2 N–H and O–H groups in total. The summed E-state index contributed by atoms with van der Waals surface area (Å²) in [6, 6.07) is 0. The van der Waals surface area contributed by atoms with E-state index in [1.165, 1.54) is 38.5 Å². The lowest BCUT2D eigenvalue weighted by atomic mass is 9.67. The average molecular weight is 183 g/mol. The molecule has 0 aliphatic heterocycles. The van der Waals surface area contributed by atoms with Gasteiger partial charge in [0.1, 0.15) is 0 Å². The second kappa shape index (κ2) is 4.00. The van der Waals surface area contributed by atoms with E-state index >= 15 is 0 Å². The fraction of sp³-hybridized carbons (Fsp3) is 1.00. The molecule has 1 fully saturated rings. The van der Waals surface area contributed by atoms with Gasteiger partial charge >= 0.3 is 0 Å². The van der Waals surface area contributed by atoms with Gasteiger partial charge in [-0.05, 0) is 36.6 Å². The lowest BCUT2D eigenvalue weighted by molar-refractivity contribution is 0.128. The normalized spacial score (nSPS) is 23.1. The summed E-state index contributed by atoms with van der Waals surface area (Å²) < 4.78 is 0. The van der Waals surface area contributed by atoms with Crippen molar-refractivity contribution in [2.45, 2.75) is 59.3 Å². The van der Waals surface area contributed by atoms with Gasteiger partial charge in [0.25, 0.3) is 0 Å². The monoisotopic (exact) mass is 183 g/mol. The van der Waals surface area contributed by atoms with E-state index in [4.69, 9.17) is 5.73 Å². The van der Waals surface area contributed by atoms with E-state index in [2.05, 4.69) is 20.8 Å². The van der Waals surface area contributed by atoms with Crippen LogP contribution < -0.4 is 5.73 Å². The van der Waals surface area contributed by atoms with Crippen molar-refractivity contribution in [1.29, 1.82) is 0 Å². The van der Waals surface area contributed by atoms with Crippen molar-refractivity contribution in [1.82, 2.24) is 0 Å². The van der Waals surface area contributed by atoms with Gasteiger partial charge in [-0.1, -0.05) is 40.0 Å². The van der Waals surface area contributed by atoms with E-state index in [1.54, 1.807) is 0 Å². The van der Waals surface area contributed by atoms with Crippen molar-refractivity contribution in [3.63, 3.8) is 0 Å². The maximum absolute atomic E-state index is 5.78. The average Bonchev–Trinajstić information content (AvgIpc) is 2.04. The molecule has 1 aliphatic carbocycles. The molecule has 0 aromatic rings. The van der Waals surface area contributed by atoms with Gasteiger partial charge in [-0.2, -0.15) is 0 Å². The molecule has 1 nitrogen and oxygen atoms in total. The van der Waals surface area contributed by atoms with Crippen LogP contribution in [0.15, 0.2) is 0 Å². The largest absolute Gasteiger partial charge is 0.330 e. The van der Waals surface area contributed by atoms with Crippen LogP contribution in [0.3, 0.4) is 0 Å². The molecule has 0 spiro atoms. The quantitative estimate of drug-likeness (QED) is 0.713. The second-order valence-corrected chi connectivity index (χ2v) is 5.92. The molecule has 0 radical (unpaired) electrons. The molecule has 1 aliphatic rings. The summed E-state index contributed by atoms with van der Waals surface area (Å²) in [6.45, 7) is 7.87. The predicted octanol–water partition coefficient (Wildman–Crippen LogP) is 3.33. The third kappa shape index (κ3) is 3.30. The van der Waals surface area contributed by atoms with Crippen LogP contribution in [0.25, 0.3) is 0 Å². The van der Waals surface area contributed by atoms with Crippen molar-refractivity contribution in [2.24, 2.45) is 16.6 Å². The Morgan fingerprint density at radius 3 is 2.15 bits per heavy atom. The standard InChI is InChI=1S/C12H25N/c1-11(2,10-13)9-12(3)7-5-4-6-8-12/h4-10,13H2,1-3H3. The number of rotatable bonds is 3. The first-order valence-electron chi connectivity index (χ1n) is 5.68. The molecule has 0 saturated heterocycles. The van der Waals surface area contributed by atoms with Gasteiger partial charge in [0.15, 0.2) is 0 Å². The molecule has 13 heavy (non-hydrogen) atoms. The highest BCUT2D eigenvalue weighted by atomic mass is 14.6. The van der Waals surface area contributed by atoms with Crippen LogP contribution in [0.4, 0.5) is 0 Å². The first-order valence-corrected chi connectivity index (χ1v) is 5.68. The minimum atomic E-state index is 0.339. The molecule has 0 bridgehead atoms. The van der Waals surface area contributed by atoms with Crippen LogP contribution in [0.5, 0.6) is 0 Å². The van der Waals surface area contributed by atoms with E-state index < -0.39 is 0 Å². The summed E-state index contributed by atoms with van der Waals surface area (Å²) in [7, 11) is 0. The molecule has 1 heteroatoms. The third-order valence-electron chi connectivity index (χ3n) is 3.52. The van der Waals surface area contributed by atoms with Gasteiger partial charge in [-0.15, -0.1) is 0 Å². The summed E-state index contributed by atoms with van der Waals surface area (Å²) in [5, 5.41) is 0. The minimum Gasteiger partial charge on any atom is -0.330 e. The molecule has 1 saturated carbocycles. The molecule has 78 valence electrons. The van der Waals surface area contributed by atoms with E-state index in [0.29, 0.717) is 10.8 Å². The van der Waals surface area contributed by atoms with Gasteiger partial charge in [-0.25, -0.2) is 0 Å². The van der Waals surface area contributed by atoms with Crippen molar-refractivity contribution in [2.75, 3.05) is 6.54 Å². The summed E-state index contributed by atoms with van der Waals surface area (Å²) in [4.78, 5) is 0. The fourth-order valence-electron chi connectivity index (χ4n) is 2.81. The topological polar surface area (TPSA) is 26.0 Å². The SMILES string of the molecule is CC(C)(CN)CC1(C)CCCCC1. The second-order valence-electron chi connectivity index (χ2n) is 5.92. The lowest BCUT2D eigenvalue weighted by Gasteiger charge is -2.39. The zero-order chi connectivity index (χ0) is 9.95. The fourth-order valence-corrected chi connectivity index (χ4v) is 2.81. The molecular weight excluding hydrogens is 158 g/mol. The van der Waals surface area contributed by atoms with Crippen LogP contribution in [-0.2, 0) is 0 Å². The zero-order valence-corrected chi connectivity index (χ0v) is 9.53. The van der Waals surface area contributed by atoms with E-state index in [-0.39, 0.29) is 0 Å². The van der Waals surface area contributed by atoms with Crippen LogP contribution >= 0.6 is 0 Å². The zero-order valence-electron chi connectivity index (χ0n) is 9.53. The third-order valence-corrected chi connectivity index (χ3v) is 3.52. The Morgan fingerprint density at radius 2 is 1.69 bits per heavy atom. The minimum absolute atomic E-state index is 0.339. The maximum atomic E-state index is 5.78. The van der Waals surface area contributed by atoms with Gasteiger partial charge in [0.05, 0.1) is 0 Å². The maximum Gasteiger partial charge on any atom is -0.00256 e. The molecule has 1 rings (SSSR count). The van der Waals surface area contributed by atoms with Gasteiger partial charge in [0.2, 0.25) is 0 Å². The van der Waals surface area contributed by atoms with Crippen molar-refractivity contribution >= 4 is 0 Å². The highest BCUT2D eigenvalue weighted by Crippen LogP contribution is 2.43. The lowest BCUT2D eigenvalue weighted by Crippen LogP contribution is -2.32. The number of nitrogens with two attached hydrogens (primary N) is 1. The first-order chi connectivity index (χ1) is 5.97.